The minimum atomic E-state index is -2.41. The summed E-state index contributed by atoms with van der Waals surface area (Å²) in [5, 5.41) is 2.68. The molecule has 0 N–H and O–H groups in total. The van der Waals surface area contributed by atoms with Crippen LogP contribution in [0.5, 0.6) is 0 Å². The summed E-state index contributed by atoms with van der Waals surface area (Å²) in [6.45, 7) is 0. The molecule has 0 heterocycles. The molecular weight excluding hydrogens is 686 g/mol. The average Bonchev–Trinajstić information content (AvgIpc) is 3.72. The van der Waals surface area contributed by atoms with Crippen molar-refractivity contribution < 1.29 is 17.7 Å². The summed E-state index contributed by atoms with van der Waals surface area (Å²) in [7, 11) is 12.7. The van der Waals surface area contributed by atoms with E-state index in [1.54, 1.807) is 0 Å². The van der Waals surface area contributed by atoms with E-state index in [4.69, 9.17) is 17.2 Å². The van der Waals surface area contributed by atoms with Crippen LogP contribution >= 0.6 is 17.2 Å². The zero-order chi connectivity index (χ0) is 26.4. The van der Waals surface area contributed by atoms with E-state index in [9.17, 15) is 0 Å². The molecule has 0 bridgehead atoms. The molecule has 0 saturated heterocycles. The van der Waals surface area contributed by atoms with Gasteiger partial charge in [-0.15, -0.1) is 0 Å². The van der Waals surface area contributed by atoms with Crippen LogP contribution in [0.1, 0.15) is 0 Å². The molecule has 0 saturated carbocycles. The average molecular weight is 714 g/mol. The van der Waals surface area contributed by atoms with Gasteiger partial charge in [0.05, 0.1) is 0 Å². The first kappa shape index (κ1) is 28.3. The Morgan fingerprint density at radius 1 is 0.421 bits per heavy atom. The Balaban J connectivity index is 0.000000136. The Labute approximate surface area is 241 Å². The maximum Gasteiger partial charge on any atom is -0.0623 e. The first-order valence-electron chi connectivity index (χ1n) is 12.4. The number of halogens is 2. The van der Waals surface area contributed by atoms with E-state index in [2.05, 4.69) is 146 Å². The Morgan fingerprint density at radius 2 is 0.763 bits per heavy atom. The van der Waals surface area contributed by atoms with E-state index in [-0.39, 0.29) is 0 Å². The molecular formula is C34H28Cl2HfSi-2. The van der Waals surface area contributed by atoms with Gasteiger partial charge >= 0.3 is 111 Å². The summed E-state index contributed by atoms with van der Waals surface area (Å²) in [6, 6.07) is 58.4. The van der Waals surface area contributed by atoms with Gasteiger partial charge in [-0.1, -0.05) is 71.8 Å². The van der Waals surface area contributed by atoms with Gasteiger partial charge in [-0.05, 0) is 0 Å². The van der Waals surface area contributed by atoms with E-state index in [1.165, 1.54) is 32.6 Å². The fourth-order valence-electron chi connectivity index (χ4n) is 3.99. The van der Waals surface area contributed by atoms with Crippen molar-refractivity contribution >= 4 is 33.0 Å². The van der Waals surface area contributed by atoms with Crippen LogP contribution in [0.15, 0.2) is 170 Å². The van der Waals surface area contributed by atoms with E-state index < -0.39 is 23.2 Å². The van der Waals surface area contributed by atoms with Gasteiger partial charge in [0.1, 0.15) is 0 Å². The SMILES string of the molecule is [Cl][Hf]([Cl])=[Si](c1ccccc1)c1ccccc1.c1ccc(-c2cc[cH-]c2)cc1.c1ccc(-c2cc[cH-]c2)cc1. The predicted molar refractivity (Wildman–Crippen MR) is 165 cm³/mol. The topological polar surface area (TPSA) is 0 Å². The largest absolute Gasteiger partial charge is 0.206 e. The maximum absolute atomic E-state index is 6.34. The monoisotopic (exact) mass is 714 g/mol. The van der Waals surface area contributed by atoms with Gasteiger partial charge in [-0.2, -0.15) is 47.5 Å². The van der Waals surface area contributed by atoms with E-state index >= 15 is 0 Å². The molecule has 0 atom stereocenters. The van der Waals surface area contributed by atoms with Crippen LogP contribution in [0.25, 0.3) is 22.3 Å². The van der Waals surface area contributed by atoms with Crippen LogP contribution in [0, 0.1) is 0 Å². The van der Waals surface area contributed by atoms with Gasteiger partial charge in [0, 0.05) is 0 Å². The van der Waals surface area contributed by atoms with Gasteiger partial charge in [0.25, 0.3) is 0 Å². The zero-order valence-corrected chi connectivity index (χ0v) is 27.0. The Morgan fingerprint density at radius 3 is 1.05 bits per heavy atom. The molecule has 0 radical (unpaired) electrons. The number of benzene rings is 4. The van der Waals surface area contributed by atoms with Crippen LogP contribution in [-0.2, 0) is 17.7 Å². The molecule has 0 aliphatic rings. The molecule has 0 nitrogen and oxygen atoms in total. The molecule has 0 fully saturated rings. The summed E-state index contributed by atoms with van der Waals surface area (Å²) in [5.41, 5.74) is 4.30. The number of hydrogen-bond donors (Lipinski definition) is 0. The number of rotatable bonds is 4. The second kappa shape index (κ2) is 15.6. The molecule has 0 aliphatic carbocycles. The molecule has 0 amide bonds. The molecule has 38 heavy (non-hydrogen) atoms. The Hall–Kier alpha value is -2.75. The second-order valence-electron chi connectivity index (χ2n) is 8.45. The minimum Gasteiger partial charge on any atom is -0.206 e. The zero-order valence-electron chi connectivity index (χ0n) is 20.9. The van der Waals surface area contributed by atoms with Crippen LogP contribution in [-0.4, -0.2) is 5.49 Å². The maximum atomic E-state index is 6.34. The molecule has 188 valence electrons. The Bertz CT molecular complexity index is 1360. The normalized spacial score (nSPS) is 9.84. The molecule has 6 rings (SSSR count). The summed E-state index contributed by atoms with van der Waals surface area (Å²) in [4.78, 5) is 0. The van der Waals surface area contributed by atoms with Crippen LogP contribution in [0.3, 0.4) is 0 Å². The fourth-order valence-corrected chi connectivity index (χ4v) is 24.8. The third-order valence-electron chi connectivity index (χ3n) is 5.85. The third-order valence-corrected chi connectivity index (χ3v) is 27.6. The van der Waals surface area contributed by atoms with Crippen molar-refractivity contribution in [2.75, 3.05) is 0 Å². The molecule has 0 aliphatic heterocycles. The first-order chi connectivity index (χ1) is 18.7. The summed E-state index contributed by atoms with van der Waals surface area (Å²) < 4.78 is 0. The summed E-state index contributed by atoms with van der Waals surface area (Å²) >= 11 is -2.41. The quantitative estimate of drug-likeness (QED) is 0.127. The van der Waals surface area contributed by atoms with Crippen molar-refractivity contribution in [3.05, 3.63) is 170 Å². The van der Waals surface area contributed by atoms with Crippen LogP contribution < -0.4 is 10.4 Å². The van der Waals surface area contributed by atoms with Gasteiger partial charge in [0.15, 0.2) is 0 Å². The second-order valence-corrected chi connectivity index (χ2v) is 34.7. The van der Waals surface area contributed by atoms with E-state index in [1.807, 2.05) is 24.3 Å². The van der Waals surface area contributed by atoms with Crippen molar-refractivity contribution in [3.63, 3.8) is 0 Å². The minimum absolute atomic E-state index is 0.873. The van der Waals surface area contributed by atoms with Crippen molar-refractivity contribution in [1.29, 1.82) is 0 Å². The number of hydrogen-bond acceptors (Lipinski definition) is 0. The van der Waals surface area contributed by atoms with Gasteiger partial charge < -0.3 is 0 Å². The van der Waals surface area contributed by atoms with E-state index in [0.29, 0.717) is 0 Å². The fraction of sp³-hybridized carbons (Fsp3) is 0. The van der Waals surface area contributed by atoms with Crippen LogP contribution in [0.2, 0.25) is 0 Å². The first-order valence-corrected chi connectivity index (χ1v) is 28.2. The van der Waals surface area contributed by atoms with Crippen molar-refractivity contribution in [1.82, 2.24) is 0 Å². The molecule has 0 spiro atoms. The molecule has 6 aromatic rings. The van der Waals surface area contributed by atoms with Gasteiger partial charge in [0.2, 0.25) is 0 Å². The molecule has 4 heteroatoms. The Kier molecular flexibility index (Phi) is 11.6. The standard InChI is InChI=1S/C12H10Si.2C11H9.2ClH.Hf/c1-3-7-11(8-4-1)13-12-9-5-2-6-10-12;2*1-2-6-10(7-3-1)11-8-4-5-9-11;;;/h1-10H;2*1-9H;2*1H;/q;2*-1;;;+2/p-2. The van der Waals surface area contributed by atoms with E-state index in [0.717, 1.165) is 0 Å². The molecule has 0 unspecified atom stereocenters. The predicted octanol–water partition coefficient (Wildman–Crippen LogP) is 8.86. The molecule has 0 aromatic heterocycles. The van der Waals surface area contributed by atoms with Gasteiger partial charge in [-0.3, -0.25) is 0 Å². The summed E-state index contributed by atoms with van der Waals surface area (Å²) in [6.07, 6.45) is 0. The van der Waals surface area contributed by atoms with Crippen molar-refractivity contribution in [2.45, 2.75) is 0 Å². The van der Waals surface area contributed by atoms with Gasteiger partial charge in [-0.25, -0.2) is 12.1 Å². The van der Waals surface area contributed by atoms with Crippen molar-refractivity contribution in [2.24, 2.45) is 0 Å². The summed E-state index contributed by atoms with van der Waals surface area (Å²) in [5.74, 6) is 0. The molecule has 6 aromatic carbocycles. The van der Waals surface area contributed by atoms with Crippen molar-refractivity contribution in [3.8, 4) is 22.3 Å². The third kappa shape index (κ3) is 8.64. The smallest absolute Gasteiger partial charge is 0.0623 e. The van der Waals surface area contributed by atoms with Crippen LogP contribution in [0.4, 0.5) is 0 Å².